The van der Waals surface area contributed by atoms with E-state index in [1.807, 2.05) is 168 Å². The van der Waals surface area contributed by atoms with E-state index in [2.05, 4.69) is 62.3 Å². The lowest BCUT2D eigenvalue weighted by atomic mass is 10.3. The highest BCUT2D eigenvalue weighted by atomic mass is 15.4. The normalized spacial score (nSPS) is 8.18. The zero-order valence-electron chi connectivity index (χ0n) is 30.3. The Labute approximate surface area is 247 Å². The summed E-state index contributed by atoms with van der Waals surface area (Å²) in [6.45, 7) is 31.5. The van der Waals surface area contributed by atoms with Crippen LogP contribution in [0.4, 0.5) is 0 Å². The van der Waals surface area contributed by atoms with Gasteiger partial charge in [0.1, 0.15) is 19.4 Å². The molecule has 3 rings (SSSR count). The number of imidazole rings is 1. The van der Waals surface area contributed by atoms with Gasteiger partial charge in [-0.1, -0.05) is 110 Å². The van der Waals surface area contributed by atoms with Gasteiger partial charge in [-0.2, -0.15) is 4.68 Å². The van der Waals surface area contributed by atoms with Gasteiger partial charge in [-0.3, -0.25) is 0 Å². The molecular weight excluding hydrogens is 478 g/mol. The first-order valence-corrected chi connectivity index (χ1v) is 15.0. The van der Waals surface area contributed by atoms with Crippen molar-refractivity contribution >= 4 is 0 Å². The second kappa shape index (κ2) is 40.1. The Bertz CT molecular complexity index is 701. The highest BCUT2D eigenvalue weighted by Crippen LogP contribution is 1.82. The molecule has 0 amide bonds. The molecule has 0 unspecified atom stereocenters. The summed E-state index contributed by atoms with van der Waals surface area (Å²) in [5, 5.41) is 0. The molecule has 0 fully saturated rings. The third-order valence-electron chi connectivity index (χ3n) is 2.87. The van der Waals surface area contributed by atoms with Crippen molar-refractivity contribution < 1.29 is 13.8 Å². The van der Waals surface area contributed by atoms with Crippen molar-refractivity contribution in [2.24, 2.45) is 53.0 Å². The third kappa shape index (κ3) is 66.4. The van der Waals surface area contributed by atoms with Crippen LogP contribution in [0.2, 0.25) is 0 Å². The van der Waals surface area contributed by atoms with Crippen molar-refractivity contribution in [3.63, 3.8) is 0 Å². The quantitative estimate of drug-likeness (QED) is 0.250. The van der Waals surface area contributed by atoms with Crippen LogP contribution in [-0.4, -0.2) is 9.25 Å². The lowest BCUT2D eigenvalue weighted by Gasteiger charge is -1.82. The summed E-state index contributed by atoms with van der Waals surface area (Å²) in [7, 11) is 10.0. The summed E-state index contributed by atoms with van der Waals surface area (Å²) in [4.78, 5) is 0. The molecule has 0 saturated carbocycles. The average Bonchev–Trinajstić information content (AvgIpc) is 3.43. The fraction of sp³-hybridized carbons (Fsp3) is 0.676. The lowest BCUT2D eigenvalue weighted by molar-refractivity contribution is -0.751. The SMILES string of the molecule is CC.CC.CC.CC(C)C.CC(C)C.CC(C)C.C[n+]1ccccc1.Cn1cc[n+](C)c1.Cn1ccc[n+]1C. The molecule has 0 radical (unpaired) electrons. The zero-order chi connectivity index (χ0) is 32.4. The molecule has 0 atom stereocenters. The molecule has 0 aromatic carbocycles. The highest BCUT2D eigenvalue weighted by molar-refractivity contribution is 4.83. The van der Waals surface area contributed by atoms with E-state index in [4.69, 9.17) is 0 Å². The largest absolute Gasteiger partial charge is 0.243 e. The average molecular weight is 553 g/mol. The molecule has 3 aromatic heterocycles. The predicted octanol–water partition coefficient (Wildman–Crippen LogP) is 8.28. The van der Waals surface area contributed by atoms with Gasteiger partial charge >= 0.3 is 0 Å². The van der Waals surface area contributed by atoms with Gasteiger partial charge in [-0.05, 0) is 17.8 Å². The number of hydrogen-bond acceptors (Lipinski definition) is 0. The molecule has 3 heterocycles. The molecule has 3 aromatic rings. The van der Waals surface area contributed by atoms with Gasteiger partial charge in [-0.15, -0.1) is 4.68 Å². The van der Waals surface area contributed by atoms with E-state index >= 15 is 0 Å². The van der Waals surface area contributed by atoms with E-state index in [1.165, 1.54) is 0 Å². The van der Waals surface area contributed by atoms with Gasteiger partial charge < -0.3 is 0 Å². The molecule has 0 N–H and O–H groups in total. The number of aromatic nitrogens is 5. The van der Waals surface area contributed by atoms with Gasteiger partial charge in [0.05, 0.1) is 27.3 Å². The number of aryl methyl sites for hydroxylation is 5. The minimum atomic E-state index is 0.833. The fourth-order valence-corrected chi connectivity index (χ4v) is 1.56. The van der Waals surface area contributed by atoms with Crippen LogP contribution in [-0.2, 0) is 35.2 Å². The van der Waals surface area contributed by atoms with E-state index in [0.717, 1.165) is 17.8 Å². The van der Waals surface area contributed by atoms with Crippen molar-refractivity contribution in [1.29, 1.82) is 0 Å². The Hall–Kier alpha value is -2.43. The molecule has 39 heavy (non-hydrogen) atoms. The molecule has 5 heteroatoms. The smallest absolute Gasteiger partial charge is 0.240 e. The van der Waals surface area contributed by atoms with Gasteiger partial charge in [0.2, 0.25) is 6.33 Å². The summed E-state index contributed by atoms with van der Waals surface area (Å²) >= 11 is 0. The number of hydrogen-bond donors (Lipinski definition) is 0. The first kappa shape index (κ1) is 49.5. The summed E-state index contributed by atoms with van der Waals surface area (Å²) in [5.74, 6) is 2.50. The van der Waals surface area contributed by atoms with E-state index in [9.17, 15) is 0 Å². The van der Waals surface area contributed by atoms with Gasteiger partial charge in [-0.25, -0.2) is 13.7 Å². The molecule has 0 bridgehead atoms. The van der Waals surface area contributed by atoms with Gasteiger partial charge in [0.25, 0.3) is 0 Å². The van der Waals surface area contributed by atoms with Crippen LogP contribution in [0.25, 0.3) is 0 Å². The molecule has 0 aliphatic carbocycles. The van der Waals surface area contributed by atoms with Crippen LogP contribution in [0, 0.1) is 17.8 Å². The molecule has 0 aliphatic rings. The van der Waals surface area contributed by atoms with Crippen LogP contribution in [0.1, 0.15) is 104 Å². The second-order valence-corrected chi connectivity index (χ2v) is 10.1. The van der Waals surface area contributed by atoms with Crippen LogP contribution >= 0.6 is 0 Å². The number of pyridine rings is 1. The van der Waals surface area contributed by atoms with E-state index in [0.29, 0.717) is 0 Å². The summed E-state index contributed by atoms with van der Waals surface area (Å²) < 4.78 is 10.0. The fourth-order valence-electron chi connectivity index (χ4n) is 1.56. The van der Waals surface area contributed by atoms with E-state index in [-0.39, 0.29) is 0 Å². The van der Waals surface area contributed by atoms with Crippen molar-refractivity contribution in [1.82, 2.24) is 9.25 Å². The Balaban J connectivity index is -0.0000000820. The highest BCUT2D eigenvalue weighted by Gasteiger charge is 1.89. The lowest BCUT2D eigenvalue weighted by Crippen LogP contribution is -2.35. The molecular formula is C34H74N5+3. The summed E-state index contributed by atoms with van der Waals surface area (Å²) in [5.41, 5.74) is 0. The van der Waals surface area contributed by atoms with Crippen LogP contribution in [0.15, 0.2) is 67.8 Å². The van der Waals surface area contributed by atoms with Crippen LogP contribution < -0.4 is 13.8 Å². The Morgan fingerprint density at radius 1 is 0.462 bits per heavy atom. The molecule has 0 saturated heterocycles. The topological polar surface area (TPSA) is 21.5 Å². The molecule has 0 spiro atoms. The maximum Gasteiger partial charge on any atom is 0.243 e. The van der Waals surface area contributed by atoms with Crippen LogP contribution in [0.3, 0.4) is 0 Å². The standard InChI is InChI=1S/C6H8N.2C5H9N2.3C4H10.3C2H6/c1-7-5-3-2-4-6-7;1-6-3-4-7(2)5-6;1-6-4-3-5-7(6)2;3*1-4(2)3;3*1-2/h2-6H,1H3;2*3-5H,1-2H3;3*4H,1-3H3;3*1-2H3/q3*+1;;;;;;. The van der Waals surface area contributed by atoms with Crippen molar-refractivity contribution in [3.05, 3.63) is 67.8 Å². The predicted molar refractivity (Wildman–Crippen MR) is 176 cm³/mol. The maximum atomic E-state index is 2.17. The van der Waals surface area contributed by atoms with Gasteiger partial charge in [0, 0.05) is 18.2 Å². The van der Waals surface area contributed by atoms with Crippen molar-refractivity contribution in [3.8, 4) is 0 Å². The number of rotatable bonds is 0. The monoisotopic (exact) mass is 553 g/mol. The minimum Gasteiger partial charge on any atom is -0.240 e. The first-order chi connectivity index (χ1) is 18.2. The first-order valence-electron chi connectivity index (χ1n) is 15.0. The summed E-state index contributed by atoms with van der Waals surface area (Å²) in [6, 6.07) is 8.00. The Morgan fingerprint density at radius 3 is 0.923 bits per heavy atom. The molecule has 232 valence electrons. The van der Waals surface area contributed by atoms with E-state index < -0.39 is 0 Å². The van der Waals surface area contributed by atoms with E-state index in [1.54, 1.807) is 0 Å². The van der Waals surface area contributed by atoms with Gasteiger partial charge in [0.15, 0.2) is 25.6 Å². The maximum absolute atomic E-state index is 2.17. The van der Waals surface area contributed by atoms with Crippen molar-refractivity contribution in [2.75, 3.05) is 0 Å². The third-order valence-corrected chi connectivity index (χ3v) is 2.87. The summed E-state index contributed by atoms with van der Waals surface area (Å²) in [6.07, 6.45) is 14.0. The molecule has 0 aliphatic heterocycles. The van der Waals surface area contributed by atoms with Crippen LogP contribution in [0.5, 0.6) is 0 Å². The zero-order valence-corrected chi connectivity index (χ0v) is 30.3. The Morgan fingerprint density at radius 2 is 0.821 bits per heavy atom. The van der Waals surface area contributed by atoms with Crippen molar-refractivity contribution in [2.45, 2.75) is 104 Å². The Kier molecular flexibility index (Phi) is 50.9. The minimum absolute atomic E-state index is 0.833. The number of nitrogens with zero attached hydrogens (tertiary/aromatic N) is 5. The second-order valence-electron chi connectivity index (χ2n) is 10.1. The molecule has 5 nitrogen and oxygen atoms in total.